The van der Waals surface area contributed by atoms with Gasteiger partial charge in [-0.1, -0.05) is 36.2 Å². The molecule has 26 heavy (non-hydrogen) atoms. The Hall–Kier alpha value is -0.290. The van der Waals surface area contributed by atoms with Crippen LogP contribution in [0.3, 0.4) is 0 Å². The van der Waals surface area contributed by atoms with Crippen LogP contribution in [0, 0.1) is 0 Å². The Kier molecular flexibility index (Phi) is 12.1. The summed E-state index contributed by atoms with van der Waals surface area (Å²) in [7, 11) is -1.47. The summed E-state index contributed by atoms with van der Waals surface area (Å²) in [5, 5.41) is 7.62. The van der Waals surface area contributed by atoms with Gasteiger partial charge in [0.25, 0.3) is 0 Å². The number of rotatable bonds is 8. The summed E-state index contributed by atoms with van der Waals surface area (Å²) in [6, 6.07) is 5.32. The molecule has 1 unspecified atom stereocenters. The van der Waals surface area contributed by atoms with Crippen molar-refractivity contribution in [3.63, 3.8) is 0 Å². The monoisotopic (exact) mass is 536 g/mol. The predicted molar refractivity (Wildman–Crippen MR) is 121 cm³/mol. The van der Waals surface area contributed by atoms with Crippen LogP contribution in [0.15, 0.2) is 23.2 Å². The average Bonchev–Trinajstić information content (AvgIpc) is 2.52. The van der Waals surface area contributed by atoms with Gasteiger partial charge in [-0.2, -0.15) is 0 Å². The summed E-state index contributed by atoms with van der Waals surface area (Å²) in [6.07, 6.45) is 1.90. The van der Waals surface area contributed by atoms with Crippen molar-refractivity contribution in [1.29, 1.82) is 0 Å². The van der Waals surface area contributed by atoms with Crippen LogP contribution in [0.1, 0.15) is 31.9 Å². The van der Waals surface area contributed by atoms with E-state index in [0.29, 0.717) is 42.1 Å². The SMILES string of the molecule is CCN(CCCNC(=NC)NC(C)c1ccc(Cl)cc1Cl)S(C)(=O)=O.I. The third kappa shape index (κ3) is 8.60. The van der Waals surface area contributed by atoms with Gasteiger partial charge in [-0.15, -0.1) is 24.0 Å². The first-order valence-electron chi connectivity index (χ1n) is 8.06. The second kappa shape index (κ2) is 12.2. The van der Waals surface area contributed by atoms with Crippen molar-refractivity contribution >= 4 is 63.2 Å². The highest BCUT2D eigenvalue weighted by Gasteiger charge is 2.14. The minimum atomic E-state index is -3.15. The Morgan fingerprint density at radius 3 is 2.50 bits per heavy atom. The van der Waals surface area contributed by atoms with Gasteiger partial charge in [0.05, 0.1) is 12.3 Å². The molecule has 0 aromatic heterocycles. The van der Waals surface area contributed by atoms with E-state index in [-0.39, 0.29) is 30.0 Å². The van der Waals surface area contributed by atoms with E-state index in [0.717, 1.165) is 5.56 Å². The van der Waals surface area contributed by atoms with Crippen molar-refractivity contribution in [3.05, 3.63) is 33.8 Å². The molecule has 0 saturated heterocycles. The molecule has 6 nitrogen and oxygen atoms in total. The highest BCUT2D eigenvalue weighted by Crippen LogP contribution is 2.25. The minimum Gasteiger partial charge on any atom is -0.356 e. The summed E-state index contributed by atoms with van der Waals surface area (Å²) in [5.74, 6) is 0.626. The Morgan fingerprint density at radius 1 is 1.35 bits per heavy atom. The molecule has 0 amide bonds. The molecule has 10 heteroatoms. The van der Waals surface area contributed by atoms with Crippen molar-refractivity contribution in [2.45, 2.75) is 26.3 Å². The number of nitrogens with one attached hydrogen (secondary N) is 2. The van der Waals surface area contributed by atoms with Crippen molar-refractivity contribution in [2.75, 3.05) is 32.9 Å². The molecule has 0 radical (unpaired) electrons. The van der Waals surface area contributed by atoms with Crippen LogP contribution in [0.2, 0.25) is 10.0 Å². The van der Waals surface area contributed by atoms with E-state index in [1.807, 2.05) is 19.9 Å². The Bertz CT molecular complexity index is 701. The van der Waals surface area contributed by atoms with E-state index in [2.05, 4.69) is 15.6 Å². The van der Waals surface area contributed by atoms with Crippen LogP contribution < -0.4 is 10.6 Å². The number of hydrogen-bond acceptors (Lipinski definition) is 3. The van der Waals surface area contributed by atoms with Crippen LogP contribution in [-0.2, 0) is 10.0 Å². The molecule has 0 aliphatic rings. The first-order chi connectivity index (χ1) is 11.7. The number of nitrogens with zero attached hydrogens (tertiary/aromatic N) is 2. The van der Waals surface area contributed by atoms with Crippen molar-refractivity contribution in [1.82, 2.24) is 14.9 Å². The second-order valence-corrected chi connectivity index (χ2v) is 8.47. The lowest BCUT2D eigenvalue weighted by molar-refractivity contribution is 0.424. The van der Waals surface area contributed by atoms with Gasteiger partial charge in [-0.25, -0.2) is 12.7 Å². The van der Waals surface area contributed by atoms with Gasteiger partial charge < -0.3 is 10.6 Å². The Morgan fingerprint density at radius 2 is 2.00 bits per heavy atom. The Labute approximate surface area is 183 Å². The first-order valence-corrected chi connectivity index (χ1v) is 10.7. The lowest BCUT2D eigenvalue weighted by Crippen LogP contribution is -2.40. The molecule has 0 saturated carbocycles. The van der Waals surface area contributed by atoms with Crippen LogP contribution in [0.5, 0.6) is 0 Å². The fourth-order valence-electron chi connectivity index (χ4n) is 2.35. The maximum Gasteiger partial charge on any atom is 0.211 e. The van der Waals surface area contributed by atoms with Crippen molar-refractivity contribution in [3.8, 4) is 0 Å². The van der Waals surface area contributed by atoms with Crippen LogP contribution in [-0.4, -0.2) is 51.6 Å². The van der Waals surface area contributed by atoms with Gasteiger partial charge in [0.2, 0.25) is 10.0 Å². The molecule has 0 aliphatic heterocycles. The zero-order valence-corrected chi connectivity index (χ0v) is 20.1. The fourth-order valence-corrected chi connectivity index (χ4v) is 3.85. The predicted octanol–water partition coefficient (Wildman–Crippen LogP) is 3.51. The minimum absolute atomic E-state index is 0. The lowest BCUT2D eigenvalue weighted by Gasteiger charge is -2.20. The molecular formula is C16H27Cl2IN4O2S. The molecule has 1 rings (SSSR count). The maximum absolute atomic E-state index is 11.6. The number of halogens is 3. The molecule has 0 spiro atoms. The summed E-state index contributed by atoms with van der Waals surface area (Å²) >= 11 is 12.1. The molecule has 0 bridgehead atoms. The van der Waals surface area contributed by atoms with Crippen LogP contribution in [0.4, 0.5) is 0 Å². The van der Waals surface area contributed by atoms with E-state index in [4.69, 9.17) is 23.2 Å². The first kappa shape index (κ1) is 25.7. The molecule has 2 N–H and O–H groups in total. The summed E-state index contributed by atoms with van der Waals surface area (Å²) in [6.45, 7) is 5.35. The highest BCUT2D eigenvalue weighted by molar-refractivity contribution is 14.0. The van der Waals surface area contributed by atoms with Crippen LogP contribution in [0.25, 0.3) is 0 Å². The average molecular weight is 537 g/mol. The molecule has 0 fully saturated rings. The Balaban J connectivity index is 0.00000625. The molecule has 0 aliphatic carbocycles. The normalized spacial score (nSPS) is 13.3. The number of benzene rings is 1. The summed E-state index contributed by atoms with van der Waals surface area (Å²) < 4.78 is 24.6. The zero-order chi connectivity index (χ0) is 19.0. The van der Waals surface area contributed by atoms with E-state index in [1.165, 1.54) is 10.6 Å². The topological polar surface area (TPSA) is 73.8 Å². The smallest absolute Gasteiger partial charge is 0.211 e. The van der Waals surface area contributed by atoms with Gasteiger partial charge in [0.15, 0.2) is 5.96 Å². The molecule has 1 aromatic rings. The van der Waals surface area contributed by atoms with E-state index in [1.54, 1.807) is 19.2 Å². The largest absolute Gasteiger partial charge is 0.356 e. The third-order valence-corrected chi connectivity index (χ3v) is 5.65. The second-order valence-electron chi connectivity index (χ2n) is 5.64. The molecule has 1 atom stereocenters. The number of hydrogen-bond donors (Lipinski definition) is 2. The number of aliphatic imine (C=N–C) groups is 1. The van der Waals surface area contributed by atoms with Crippen molar-refractivity contribution < 1.29 is 8.42 Å². The number of sulfonamides is 1. The molecular weight excluding hydrogens is 510 g/mol. The third-order valence-electron chi connectivity index (χ3n) is 3.70. The molecule has 1 aromatic carbocycles. The fraction of sp³-hybridized carbons (Fsp3) is 0.562. The standard InChI is InChI=1S/C16H26Cl2N4O2S.HI/c1-5-22(25(4,23)24)10-6-9-20-16(19-3)21-12(2)14-8-7-13(17)11-15(14)18;/h7-8,11-12H,5-6,9-10H2,1-4H3,(H2,19,20,21);1H. The summed E-state index contributed by atoms with van der Waals surface area (Å²) in [4.78, 5) is 4.18. The quantitative estimate of drug-likeness (QED) is 0.231. The van der Waals surface area contributed by atoms with E-state index >= 15 is 0 Å². The lowest BCUT2D eigenvalue weighted by atomic mass is 10.1. The zero-order valence-electron chi connectivity index (χ0n) is 15.4. The maximum atomic E-state index is 11.6. The molecule has 150 valence electrons. The van der Waals surface area contributed by atoms with Gasteiger partial charge in [0, 0.05) is 36.7 Å². The van der Waals surface area contributed by atoms with E-state index < -0.39 is 10.0 Å². The van der Waals surface area contributed by atoms with Crippen molar-refractivity contribution in [2.24, 2.45) is 4.99 Å². The van der Waals surface area contributed by atoms with Gasteiger partial charge in [-0.3, -0.25) is 4.99 Å². The highest BCUT2D eigenvalue weighted by atomic mass is 127. The van der Waals surface area contributed by atoms with Gasteiger partial charge in [0.1, 0.15) is 0 Å². The van der Waals surface area contributed by atoms with Gasteiger partial charge >= 0.3 is 0 Å². The summed E-state index contributed by atoms with van der Waals surface area (Å²) in [5.41, 5.74) is 0.920. The molecule has 0 heterocycles. The number of guanidine groups is 1. The van der Waals surface area contributed by atoms with Gasteiger partial charge in [-0.05, 0) is 31.0 Å². The van der Waals surface area contributed by atoms with E-state index in [9.17, 15) is 8.42 Å². The van der Waals surface area contributed by atoms with Crippen LogP contribution >= 0.6 is 47.2 Å².